The second-order valence-electron chi connectivity index (χ2n) is 8.11. The molecule has 0 fully saturated rings. The highest BCUT2D eigenvalue weighted by molar-refractivity contribution is 7.87. The molecule has 1 atom stereocenters. The van der Waals surface area contributed by atoms with Crippen molar-refractivity contribution in [3.63, 3.8) is 0 Å². The number of hydrogen-bond acceptors (Lipinski definition) is 3. The van der Waals surface area contributed by atoms with Gasteiger partial charge in [-0.3, -0.25) is 4.55 Å². The van der Waals surface area contributed by atoms with Crippen LogP contribution in [0.2, 0.25) is 0 Å². The molecular weight excluding hydrogens is 322 g/mol. The maximum Gasteiger partial charge on any atom is 0.284 e. The first-order valence-electron chi connectivity index (χ1n) is 9.82. The molecule has 1 unspecified atom stereocenters. The highest BCUT2D eigenvalue weighted by atomic mass is 32.2. The first kappa shape index (κ1) is 23.9. The van der Waals surface area contributed by atoms with E-state index < -0.39 is 20.4 Å². The first-order valence-corrected chi connectivity index (χ1v) is 11.3. The van der Waals surface area contributed by atoms with Gasteiger partial charge in [0.1, 0.15) is 4.87 Å². The van der Waals surface area contributed by atoms with E-state index in [1.165, 1.54) is 71.1 Å². The molecule has 0 heterocycles. The van der Waals surface area contributed by atoms with Gasteiger partial charge in [-0.15, -0.1) is 0 Å². The van der Waals surface area contributed by atoms with Crippen molar-refractivity contribution >= 4 is 10.1 Å². The Balaban J connectivity index is 3.70. The van der Waals surface area contributed by atoms with Gasteiger partial charge in [-0.05, 0) is 18.8 Å². The summed E-state index contributed by atoms with van der Waals surface area (Å²) in [6.45, 7) is 7.29. The van der Waals surface area contributed by atoms with Gasteiger partial charge in [0.05, 0.1) is 0 Å². The lowest BCUT2D eigenvalue weighted by Crippen LogP contribution is -2.55. The smallest absolute Gasteiger partial charge is 0.284 e. The second-order valence-corrected chi connectivity index (χ2v) is 9.90. The summed E-state index contributed by atoms with van der Waals surface area (Å²) in [6, 6.07) is 0. The molecule has 0 saturated carbocycles. The number of nitrogens with two attached hydrogens (primary N) is 1. The Morgan fingerprint density at radius 1 is 0.750 bits per heavy atom. The van der Waals surface area contributed by atoms with E-state index in [1.807, 2.05) is 13.8 Å². The maximum atomic E-state index is 11.4. The van der Waals surface area contributed by atoms with E-state index >= 15 is 0 Å². The average molecular weight is 364 g/mol. The van der Waals surface area contributed by atoms with Crippen molar-refractivity contribution in [2.45, 2.75) is 116 Å². The van der Waals surface area contributed by atoms with Gasteiger partial charge in [0.25, 0.3) is 10.1 Å². The van der Waals surface area contributed by atoms with Crippen molar-refractivity contribution in [1.82, 2.24) is 0 Å². The summed E-state index contributed by atoms with van der Waals surface area (Å²) >= 11 is 0. The highest BCUT2D eigenvalue weighted by Crippen LogP contribution is 2.37. The molecule has 0 aliphatic rings. The zero-order valence-corrected chi connectivity index (χ0v) is 17.3. The summed E-state index contributed by atoms with van der Waals surface area (Å²) in [5.74, 6) is 0. The molecule has 0 aliphatic heterocycles. The van der Waals surface area contributed by atoms with Crippen molar-refractivity contribution in [3.8, 4) is 0 Å². The van der Waals surface area contributed by atoms with E-state index in [9.17, 15) is 13.0 Å². The molecule has 4 nitrogen and oxygen atoms in total. The van der Waals surface area contributed by atoms with Gasteiger partial charge in [-0.1, -0.05) is 97.8 Å². The molecule has 0 amide bonds. The Labute approximate surface area is 150 Å². The van der Waals surface area contributed by atoms with Crippen LogP contribution in [0.5, 0.6) is 0 Å². The van der Waals surface area contributed by atoms with Crippen LogP contribution < -0.4 is 5.73 Å². The third-order valence-corrected chi connectivity index (χ3v) is 7.16. The Bertz CT molecular complexity index is 416. The fourth-order valence-electron chi connectivity index (χ4n) is 3.01. The molecule has 146 valence electrons. The Morgan fingerprint density at radius 2 is 1.08 bits per heavy atom. The first-order chi connectivity index (χ1) is 11.1. The van der Waals surface area contributed by atoms with Crippen LogP contribution in [0.1, 0.15) is 111 Å². The fourth-order valence-corrected chi connectivity index (χ4v) is 3.81. The molecule has 0 bridgehead atoms. The van der Waals surface area contributed by atoms with Crippen LogP contribution in [-0.2, 0) is 10.1 Å². The number of unbranched alkanes of at least 4 members (excludes halogenated alkanes) is 11. The van der Waals surface area contributed by atoms with Crippen LogP contribution in [0.25, 0.3) is 0 Å². The van der Waals surface area contributed by atoms with E-state index in [-0.39, 0.29) is 0 Å². The molecule has 0 aromatic rings. The predicted octanol–water partition coefficient (Wildman–Crippen LogP) is 5.67. The number of hydrogen-bond donors (Lipinski definition) is 2. The summed E-state index contributed by atoms with van der Waals surface area (Å²) in [5, 5.41) is 0. The second kappa shape index (κ2) is 11.5. The minimum atomic E-state index is -4.25. The average Bonchev–Trinajstić information content (AvgIpc) is 2.47. The van der Waals surface area contributed by atoms with Crippen molar-refractivity contribution < 1.29 is 13.0 Å². The van der Waals surface area contributed by atoms with Crippen LogP contribution in [0.3, 0.4) is 0 Å². The van der Waals surface area contributed by atoms with Crippen LogP contribution in [0, 0.1) is 5.41 Å². The third kappa shape index (κ3) is 8.82. The van der Waals surface area contributed by atoms with E-state index in [2.05, 4.69) is 6.92 Å². The van der Waals surface area contributed by atoms with Crippen molar-refractivity contribution in [2.24, 2.45) is 11.1 Å². The van der Waals surface area contributed by atoms with Gasteiger partial charge >= 0.3 is 0 Å². The predicted molar refractivity (Wildman–Crippen MR) is 104 cm³/mol. The number of rotatable bonds is 15. The van der Waals surface area contributed by atoms with Crippen molar-refractivity contribution in [2.75, 3.05) is 0 Å². The Hall–Kier alpha value is -0.130. The van der Waals surface area contributed by atoms with E-state index in [0.29, 0.717) is 6.42 Å². The zero-order valence-electron chi connectivity index (χ0n) is 16.4. The van der Waals surface area contributed by atoms with E-state index in [4.69, 9.17) is 5.73 Å². The minimum Gasteiger partial charge on any atom is -0.310 e. The van der Waals surface area contributed by atoms with Gasteiger partial charge in [-0.25, -0.2) is 0 Å². The van der Waals surface area contributed by atoms with Gasteiger partial charge in [0.2, 0.25) is 0 Å². The molecule has 0 rings (SSSR count). The summed E-state index contributed by atoms with van der Waals surface area (Å²) in [4.78, 5) is -1.60. The van der Waals surface area contributed by atoms with E-state index in [1.54, 1.807) is 0 Å². The molecule has 0 aromatic carbocycles. The fraction of sp³-hybridized carbons (Fsp3) is 1.00. The zero-order chi connectivity index (χ0) is 18.7. The van der Waals surface area contributed by atoms with Gasteiger partial charge in [0, 0.05) is 0 Å². The van der Waals surface area contributed by atoms with Gasteiger partial charge in [-0.2, -0.15) is 8.42 Å². The molecule has 0 aliphatic carbocycles. The highest BCUT2D eigenvalue weighted by Gasteiger charge is 2.47. The minimum absolute atomic E-state index is 0.640. The molecule has 0 saturated heterocycles. The lowest BCUT2D eigenvalue weighted by atomic mass is 9.80. The van der Waals surface area contributed by atoms with Crippen LogP contribution in [0.15, 0.2) is 0 Å². The monoisotopic (exact) mass is 363 g/mol. The molecule has 0 spiro atoms. The van der Waals surface area contributed by atoms with Crippen LogP contribution >= 0.6 is 0 Å². The molecule has 0 radical (unpaired) electrons. The molecule has 5 heteroatoms. The maximum absolute atomic E-state index is 11.4. The molecule has 0 aromatic heterocycles. The van der Waals surface area contributed by atoms with Crippen LogP contribution in [-0.4, -0.2) is 17.8 Å². The molecule has 3 N–H and O–H groups in total. The lowest BCUT2D eigenvalue weighted by Gasteiger charge is -2.38. The largest absolute Gasteiger partial charge is 0.310 e. The lowest BCUT2D eigenvalue weighted by molar-refractivity contribution is 0.216. The third-order valence-electron chi connectivity index (χ3n) is 5.53. The van der Waals surface area contributed by atoms with Gasteiger partial charge in [0.15, 0.2) is 0 Å². The summed E-state index contributed by atoms with van der Waals surface area (Å²) < 4.78 is 32.2. The van der Waals surface area contributed by atoms with E-state index in [0.717, 1.165) is 12.8 Å². The molecule has 24 heavy (non-hydrogen) atoms. The Morgan fingerprint density at radius 3 is 1.42 bits per heavy atom. The standard InChI is InChI=1S/C19H41NO3S/c1-5-6-7-8-9-10-11-12-13-14-15-16-17-18(2,3)19(4,20)24(21,22)23/h5-17,20H2,1-4H3,(H,21,22,23). The quantitative estimate of drug-likeness (QED) is 0.290. The SMILES string of the molecule is CCCCCCCCCCCCCCC(C)(C)C(C)(N)S(=O)(=O)O. The van der Waals surface area contributed by atoms with Crippen LogP contribution in [0.4, 0.5) is 0 Å². The normalized spacial score (nSPS) is 15.4. The molecular formula is C19H41NO3S. The van der Waals surface area contributed by atoms with Crippen molar-refractivity contribution in [3.05, 3.63) is 0 Å². The topological polar surface area (TPSA) is 80.4 Å². The summed E-state index contributed by atoms with van der Waals surface area (Å²) in [7, 11) is -4.25. The summed E-state index contributed by atoms with van der Waals surface area (Å²) in [5.41, 5.74) is 5.23. The van der Waals surface area contributed by atoms with Crippen molar-refractivity contribution in [1.29, 1.82) is 0 Å². The summed E-state index contributed by atoms with van der Waals surface area (Å²) in [6.07, 6.45) is 16.0. The van der Waals surface area contributed by atoms with Gasteiger partial charge < -0.3 is 5.73 Å². The Kier molecular flexibility index (Phi) is 11.4.